The molecule has 4 aliphatic carbocycles. The average molecular weight is 639 g/mol. The maximum Gasteiger partial charge on any atom is 0.235 e. The second-order valence-electron chi connectivity index (χ2n) is 18.2. The molecule has 1 N–H and O–H groups in total. The van der Waals surface area contributed by atoms with Gasteiger partial charge in [-0.1, -0.05) is 106 Å². The number of rotatable bonds is 7. The van der Waals surface area contributed by atoms with Crippen molar-refractivity contribution in [3.05, 3.63) is 0 Å². The van der Waals surface area contributed by atoms with Gasteiger partial charge in [-0.3, -0.25) is 5.32 Å². The topological polar surface area (TPSA) is 43.0 Å². The van der Waals surface area contributed by atoms with Gasteiger partial charge in [0.25, 0.3) is 0 Å². The van der Waals surface area contributed by atoms with Crippen LogP contribution in [-0.4, -0.2) is 48.1 Å². The smallest absolute Gasteiger partial charge is 0.235 e. The Morgan fingerprint density at radius 1 is 0.696 bits per heavy atom. The van der Waals surface area contributed by atoms with E-state index >= 15 is 0 Å². The molecule has 4 aliphatic heterocycles. The van der Waals surface area contributed by atoms with Crippen LogP contribution in [0, 0.1) is 71.0 Å². The van der Waals surface area contributed by atoms with Crippen LogP contribution < -0.4 is 5.32 Å². The summed E-state index contributed by atoms with van der Waals surface area (Å²) in [6.07, 6.45) is 22.6. The zero-order valence-electron chi connectivity index (χ0n) is 30.5. The van der Waals surface area contributed by atoms with Crippen molar-refractivity contribution < 1.29 is 14.2 Å². The Kier molecular flexibility index (Phi) is 9.44. The highest BCUT2D eigenvalue weighted by molar-refractivity contribution is 5.16. The van der Waals surface area contributed by atoms with E-state index in [2.05, 4.69) is 51.8 Å². The van der Waals surface area contributed by atoms with Crippen molar-refractivity contribution in [3.63, 3.8) is 0 Å². The lowest BCUT2D eigenvalue weighted by atomic mass is 9.53. The van der Waals surface area contributed by atoms with Gasteiger partial charge in [0, 0.05) is 24.3 Å². The summed E-state index contributed by atoms with van der Waals surface area (Å²) in [5.74, 6) is 7.98. The van der Waals surface area contributed by atoms with E-state index in [0.29, 0.717) is 59.9 Å². The summed E-state index contributed by atoms with van der Waals surface area (Å²) in [5, 5.41) is 4.07. The lowest BCUT2D eigenvalue weighted by Crippen LogP contribution is -2.68. The number of hydrogen-bond acceptors (Lipinski definition) is 5. The van der Waals surface area contributed by atoms with Crippen LogP contribution in [0.25, 0.3) is 0 Å². The van der Waals surface area contributed by atoms with Crippen LogP contribution in [0.1, 0.15) is 144 Å². The van der Waals surface area contributed by atoms with Crippen LogP contribution in [0.15, 0.2) is 0 Å². The molecular weight excluding hydrogens is 568 g/mol. The fraction of sp³-hybridized carbons (Fsp3) is 1.00. The standard InChI is InChI=1S/C41H70N2O3/c1-7-25(8-2)34-22-35(26(9-3)10-4)46-41(45-34)38-30-18-14-13-17-29(30)31(24(5)6)21-33(38)39-37-32-19-27-15-11-12-16-28(27)20-36(32)44-40(37)42-23-43(39)41/h24-40,42H,7-23H2,1-6H3. The van der Waals surface area contributed by atoms with Crippen molar-refractivity contribution in [2.75, 3.05) is 6.67 Å². The van der Waals surface area contributed by atoms with Gasteiger partial charge in [0.15, 0.2) is 0 Å². The number of ether oxygens (including phenoxy) is 3. The number of fused-ring (bicyclic) bond motifs is 12. The fourth-order valence-electron chi connectivity index (χ4n) is 14.2. The third kappa shape index (κ3) is 5.15. The maximum atomic E-state index is 7.83. The van der Waals surface area contributed by atoms with Crippen LogP contribution in [0.5, 0.6) is 0 Å². The first-order valence-electron chi connectivity index (χ1n) is 20.9. The molecule has 262 valence electrons. The molecule has 4 saturated carbocycles. The number of hydrogen-bond donors (Lipinski definition) is 1. The molecule has 0 aromatic rings. The highest BCUT2D eigenvalue weighted by Gasteiger charge is 2.73. The predicted octanol–water partition coefficient (Wildman–Crippen LogP) is 9.20. The van der Waals surface area contributed by atoms with Crippen molar-refractivity contribution in [2.45, 2.75) is 181 Å². The molecule has 4 saturated heterocycles. The normalized spacial score (nSPS) is 50.3. The molecule has 14 unspecified atom stereocenters. The van der Waals surface area contributed by atoms with E-state index in [1.54, 1.807) is 0 Å². The molecule has 8 fully saturated rings. The van der Waals surface area contributed by atoms with Crippen LogP contribution in [0.3, 0.4) is 0 Å². The Morgan fingerprint density at radius 2 is 1.30 bits per heavy atom. The summed E-state index contributed by atoms with van der Waals surface area (Å²) < 4.78 is 22.8. The van der Waals surface area contributed by atoms with E-state index in [-0.39, 0.29) is 6.23 Å². The van der Waals surface area contributed by atoms with E-state index in [4.69, 9.17) is 14.2 Å². The minimum atomic E-state index is -0.589. The molecule has 5 heteroatoms. The van der Waals surface area contributed by atoms with Crippen LogP contribution in [-0.2, 0) is 14.2 Å². The van der Waals surface area contributed by atoms with E-state index in [1.807, 2.05) is 0 Å². The Morgan fingerprint density at radius 3 is 1.93 bits per heavy atom. The molecule has 46 heavy (non-hydrogen) atoms. The highest BCUT2D eigenvalue weighted by atomic mass is 16.7. The number of nitrogens with zero attached hydrogens (tertiary/aromatic N) is 1. The van der Waals surface area contributed by atoms with Crippen molar-refractivity contribution in [2.24, 2.45) is 71.0 Å². The SMILES string of the molecule is CCC(CC)C1CC(C(CC)CC)OC2(O1)C1C3CCCCC3C(C(C)C)CC1C1C3C(NCN12)OC1CC2CCCCC2CC13. The molecule has 8 aliphatic rings. The van der Waals surface area contributed by atoms with Gasteiger partial charge in [-0.25, -0.2) is 4.90 Å². The molecule has 0 radical (unpaired) electrons. The van der Waals surface area contributed by atoms with Gasteiger partial charge in [0.05, 0.1) is 25.0 Å². The summed E-state index contributed by atoms with van der Waals surface area (Å²) >= 11 is 0. The molecule has 4 heterocycles. The summed E-state index contributed by atoms with van der Waals surface area (Å²) in [7, 11) is 0. The van der Waals surface area contributed by atoms with Crippen LogP contribution in [0.4, 0.5) is 0 Å². The maximum absolute atomic E-state index is 7.83. The Hall–Kier alpha value is -0.200. The van der Waals surface area contributed by atoms with Crippen molar-refractivity contribution in [1.29, 1.82) is 0 Å². The van der Waals surface area contributed by atoms with Crippen molar-refractivity contribution >= 4 is 0 Å². The third-order valence-corrected chi connectivity index (χ3v) is 16.3. The van der Waals surface area contributed by atoms with E-state index in [1.165, 1.54) is 96.3 Å². The first-order valence-corrected chi connectivity index (χ1v) is 20.9. The first kappa shape index (κ1) is 33.0. The second kappa shape index (κ2) is 13.2. The van der Waals surface area contributed by atoms with Crippen molar-refractivity contribution in [3.8, 4) is 0 Å². The zero-order valence-corrected chi connectivity index (χ0v) is 30.5. The van der Waals surface area contributed by atoms with Crippen molar-refractivity contribution in [1.82, 2.24) is 10.2 Å². The summed E-state index contributed by atoms with van der Waals surface area (Å²) in [5.41, 5.74) is 0. The third-order valence-electron chi connectivity index (χ3n) is 16.3. The Labute approximate surface area is 282 Å². The van der Waals surface area contributed by atoms with Gasteiger partial charge in [-0.2, -0.15) is 0 Å². The van der Waals surface area contributed by atoms with Gasteiger partial charge < -0.3 is 14.2 Å². The Bertz CT molecular complexity index is 1020. The molecule has 0 aromatic heterocycles. The predicted molar refractivity (Wildman–Crippen MR) is 185 cm³/mol. The second-order valence-corrected chi connectivity index (χ2v) is 18.2. The highest BCUT2D eigenvalue weighted by Crippen LogP contribution is 2.66. The van der Waals surface area contributed by atoms with Crippen LogP contribution >= 0.6 is 0 Å². The molecule has 0 aromatic carbocycles. The lowest BCUT2D eigenvalue weighted by Gasteiger charge is -2.57. The average Bonchev–Trinajstić information content (AvgIpc) is 3.56. The number of nitrogens with one attached hydrogen (secondary N) is 1. The molecule has 8 rings (SSSR count). The summed E-state index contributed by atoms with van der Waals surface area (Å²) in [4.78, 5) is 2.88. The van der Waals surface area contributed by atoms with Gasteiger partial charge in [-0.05, 0) is 91.3 Å². The molecule has 0 bridgehead atoms. The molecule has 0 amide bonds. The van der Waals surface area contributed by atoms with E-state index in [9.17, 15) is 0 Å². The summed E-state index contributed by atoms with van der Waals surface area (Å²) in [6.45, 7) is 15.6. The molecule has 5 nitrogen and oxygen atoms in total. The molecule has 14 atom stereocenters. The molecular formula is C41H70N2O3. The largest absolute Gasteiger partial charge is 0.359 e. The minimum absolute atomic E-state index is 0.210. The first-order chi connectivity index (χ1) is 22.4. The molecule has 1 spiro atoms. The zero-order chi connectivity index (χ0) is 31.7. The lowest BCUT2D eigenvalue weighted by molar-refractivity contribution is -0.412. The van der Waals surface area contributed by atoms with Gasteiger partial charge >= 0.3 is 0 Å². The van der Waals surface area contributed by atoms with Gasteiger partial charge in [0.2, 0.25) is 5.91 Å². The van der Waals surface area contributed by atoms with Crippen LogP contribution in [0.2, 0.25) is 0 Å². The fourth-order valence-corrected chi connectivity index (χ4v) is 14.2. The minimum Gasteiger partial charge on any atom is -0.359 e. The summed E-state index contributed by atoms with van der Waals surface area (Å²) in [6, 6.07) is 0.512. The van der Waals surface area contributed by atoms with E-state index in [0.717, 1.165) is 48.6 Å². The quantitative estimate of drug-likeness (QED) is 0.301. The van der Waals surface area contributed by atoms with E-state index < -0.39 is 5.91 Å². The monoisotopic (exact) mass is 639 g/mol. The Balaban J connectivity index is 1.23. The van der Waals surface area contributed by atoms with Gasteiger partial charge in [-0.15, -0.1) is 0 Å². The van der Waals surface area contributed by atoms with Gasteiger partial charge in [0.1, 0.15) is 6.23 Å².